The molecule has 0 spiro atoms. The Morgan fingerprint density at radius 2 is 2.00 bits per heavy atom. The molecule has 3 rings (SSSR count). The number of aliphatic hydroxyl groups is 1. The van der Waals surface area contributed by atoms with Gasteiger partial charge in [-0.05, 0) is 43.0 Å². The number of pyridine rings is 1. The van der Waals surface area contributed by atoms with Crippen molar-refractivity contribution >= 4 is 29.0 Å². The van der Waals surface area contributed by atoms with E-state index in [1.54, 1.807) is 36.5 Å². The van der Waals surface area contributed by atoms with Gasteiger partial charge in [0.1, 0.15) is 0 Å². The number of carbonyl (C=O) groups excluding carboxylic acids is 1. The summed E-state index contributed by atoms with van der Waals surface area (Å²) in [5.74, 6) is 0.862. The maximum Gasteiger partial charge on any atom is 0.257 e. The number of benzene rings is 1. The number of carbonyl (C=O) groups is 1. The minimum atomic E-state index is -0.250. The zero-order valence-electron chi connectivity index (χ0n) is 13.3. The van der Waals surface area contributed by atoms with Crippen LogP contribution in [0.15, 0.2) is 42.6 Å². The van der Waals surface area contributed by atoms with E-state index >= 15 is 0 Å². The quantitative estimate of drug-likeness (QED) is 0.893. The summed E-state index contributed by atoms with van der Waals surface area (Å²) in [4.78, 5) is 19.1. The standard InChI is InChI=1S/C18H20ClN3O2/c19-15-5-2-1-4-14(15)18(24)21-16-6-3-9-20-17(16)22-10-7-13(12-23)8-11-22/h1-6,9,13,23H,7-8,10-12H2,(H,21,24). The molecule has 2 heterocycles. The first-order valence-corrected chi connectivity index (χ1v) is 8.43. The van der Waals surface area contributed by atoms with Crippen LogP contribution in [-0.2, 0) is 0 Å². The van der Waals surface area contributed by atoms with Crippen molar-refractivity contribution in [2.24, 2.45) is 5.92 Å². The van der Waals surface area contributed by atoms with Crippen LogP contribution in [0.25, 0.3) is 0 Å². The Morgan fingerprint density at radius 1 is 1.25 bits per heavy atom. The Labute approximate surface area is 146 Å². The minimum absolute atomic E-state index is 0.228. The van der Waals surface area contributed by atoms with Crippen LogP contribution in [0.2, 0.25) is 5.02 Å². The molecule has 2 N–H and O–H groups in total. The zero-order valence-corrected chi connectivity index (χ0v) is 14.0. The number of amides is 1. The van der Waals surface area contributed by atoms with Gasteiger partial charge in [0, 0.05) is 25.9 Å². The van der Waals surface area contributed by atoms with E-state index < -0.39 is 0 Å². The van der Waals surface area contributed by atoms with E-state index in [0.29, 0.717) is 22.2 Å². The number of aromatic nitrogens is 1. The summed E-state index contributed by atoms with van der Waals surface area (Å²) in [6.45, 7) is 1.86. The van der Waals surface area contributed by atoms with Gasteiger partial charge in [0.2, 0.25) is 0 Å². The van der Waals surface area contributed by atoms with E-state index in [4.69, 9.17) is 11.6 Å². The molecule has 1 aliphatic rings. The van der Waals surface area contributed by atoms with E-state index in [1.165, 1.54) is 0 Å². The van der Waals surface area contributed by atoms with Gasteiger partial charge in [0.15, 0.2) is 5.82 Å². The summed E-state index contributed by atoms with van der Waals surface area (Å²) in [6, 6.07) is 10.6. The molecule has 0 radical (unpaired) electrons. The van der Waals surface area contributed by atoms with Crippen LogP contribution < -0.4 is 10.2 Å². The topological polar surface area (TPSA) is 65.5 Å². The Kier molecular flexibility index (Phi) is 5.33. The predicted octanol–water partition coefficient (Wildman–Crippen LogP) is 3.20. The van der Waals surface area contributed by atoms with Crippen LogP contribution >= 0.6 is 11.6 Å². The monoisotopic (exact) mass is 345 g/mol. The van der Waals surface area contributed by atoms with Crippen LogP contribution in [0, 0.1) is 5.92 Å². The summed E-state index contributed by atoms with van der Waals surface area (Å²) in [5.41, 5.74) is 1.11. The summed E-state index contributed by atoms with van der Waals surface area (Å²) in [7, 11) is 0. The summed E-state index contributed by atoms with van der Waals surface area (Å²) in [5, 5.41) is 12.6. The number of halogens is 1. The number of nitrogens with zero attached hydrogens (tertiary/aromatic N) is 2. The van der Waals surface area contributed by atoms with Gasteiger partial charge in [-0.15, -0.1) is 0 Å². The number of aliphatic hydroxyl groups excluding tert-OH is 1. The fourth-order valence-electron chi connectivity index (χ4n) is 2.91. The van der Waals surface area contributed by atoms with E-state index in [1.807, 2.05) is 6.07 Å². The number of hydrogen-bond acceptors (Lipinski definition) is 4. The second-order valence-electron chi connectivity index (χ2n) is 5.92. The van der Waals surface area contributed by atoms with Gasteiger partial charge < -0.3 is 15.3 Å². The fourth-order valence-corrected chi connectivity index (χ4v) is 3.13. The lowest BCUT2D eigenvalue weighted by Crippen LogP contribution is -2.35. The van der Waals surface area contributed by atoms with Crippen molar-refractivity contribution in [2.45, 2.75) is 12.8 Å². The van der Waals surface area contributed by atoms with Crippen molar-refractivity contribution in [2.75, 3.05) is 29.9 Å². The Bertz CT molecular complexity index is 715. The third kappa shape index (κ3) is 3.68. The van der Waals surface area contributed by atoms with Crippen molar-refractivity contribution in [3.63, 3.8) is 0 Å². The van der Waals surface area contributed by atoms with Crippen LogP contribution in [0.5, 0.6) is 0 Å². The van der Waals surface area contributed by atoms with Gasteiger partial charge in [-0.1, -0.05) is 23.7 Å². The molecule has 0 bridgehead atoms. The van der Waals surface area contributed by atoms with Crippen molar-refractivity contribution in [1.82, 2.24) is 4.98 Å². The number of hydrogen-bond donors (Lipinski definition) is 2. The Hall–Kier alpha value is -2.11. The molecule has 126 valence electrons. The molecular formula is C18H20ClN3O2. The van der Waals surface area contributed by atoms with E-state index in [9.17, 15) is 9.90 Å². The molecule has 0 saturated carbocycles. The maximum atomic E-state index is 12.5. The van der Waals surface area contributed by atoms with Crippen molar-refractivity contribution in [1.29, 1.82) is 0 Å². The number of anilines is 2. The molecule has 1 fully saturated rings. The summed E-state index contributed by atoms with van der Waals surface area (Å²) in [6.07, 6.45) is 3.56. The van der Waals surface area contributed by atoms with E-state index in [0.717, 1.165) is 31.7 Å². The van der Waals surface area contributed by atoms with Crippen molar-refractivity contribution < 1.29 is 9.90 Å². The first kappa shape index (κ1) is 16.7. The molecule has 1 aromatic heterocycles. The SMILES string of the molecule is O=C(Nc1cccnc1N1CCC(CO)CC1)c1ccccc1Cl. The molecule has 1 amide bonds. The molecule has 1 aliphatic heterocycles. The highest BCUT2D eigenvalue weighted by Gasteiger charge is 2.22. The third-order valence-corrected chi connectivity index (χ3v) is 4.66. The average Bonchev–Trinajstić information content (AvgIpc) is 2.62. The van der Waals surface area contributed by atoms with Crippen LogP contribution in [0.3, 0.4) is 0 Å². The molecule has 0 unspecified atom stereocenters. The summed E-state index contributed by atoms with van der Waals surface area (Å²) >= 11 is 6.10. The molecule has 2 aromatic rings. The lowest BCUT2D eigenvalue weighted by atomic mass is 9.98. The van der Waals surface area contributed by atoms with Gasteiger partial charge >= 0.3 is 0 Å². The first-order valence-electron chi connectivity index (χ1n) is 8.05. The average molecular weight is 346 g/mol. The van der Waals surface area contributed by atoms with Crippen LogP contribution in [0.1, 0.15) is 23.2 Å². The Balaban J connectivity index is 1.77. The molecule has 5 nitrogen and oxygen atoms in total. The molecule has 1 aromatic carbocycles. The highest BCUT2D eigenvalue weighted by Crippen LogP contribution is 2.28. The normalized spacial score (nSPS) is 15.3. The predicted molar refractivity (Wildman–Crippen MR) is 95.7 cm³/mol. The first-order chi connectivity index (χ1) is 11.7. The second-order valence-corrected chi connectivity index (χ2v) is 6.33. The van der Waals surface area contributed by atoms with E-state index in [-0.39, 0.29) is 12.5 Å². The van der Waals surface area contributed by atoms with Gasteiger partial charge in [0.25, 0.3) is 5.91 Å². The lowest BCUT2D eigenvalue weighted by Gasteiger charge is -2.33. The van der Waals surface area contributed by atoms with Gasteiger partial charge in [-0.2, -0.15) is 0 Å². The van der Waals surface area contributed by atoms with Crippen molar-refractivity contribution in [3.05, 3.63) is 53.2 Å². The number of piperidine rings is 1. The summed E-state index contributed by atoms with van der Waals surface area (Å²) < 4.78 is 0. The fraction of sp³-hybridized carbons (Fsp3) is 0.333. The smallest absolute Gasteiger partial charge is 0.257 e. The van der Waals surface area contributed by atoms with Gasteiger partial charge in [0.05, 0.1) is 16.3 Å². The number of nitrogens with one attached hydrogen (secondary N) is 1. The molecule has 6 heteroatoms. The Morgan fingerprint density at radius 3 is 2.71 bits per heavy atom. The largest absolute Gasteiger partial charge is 0.396 e. The van der Waals surface area contributed by atoms with E-state index in [2.05, 4.69) is 15.2 Å². The lowest BCUT2D eigenvalue weighted by molar-refractivity contribution is 0.102. The van der Waals surface area contributed by atoms with Gasteiger partial charge in [-0.3, -0.25) is 4.79 Å². The maximum absolute atomic E-state index is 12.5. The van der Waals surface area contributed by atoms with Gasteiger partial charge in [-0.25, -0.2) is 4.98 Å². The minimum Gasteiger partial charge on any atom is -0.396 e. The van der Waals surface area contributed by atoms with Crippen molar-refractivity contribution in [3.8, 4) is 0 Å². The molecule has 1 saturated heterocycles. The molecule has 0 aliphatic carbocycles. The third-order valence-electron chi connectivity index (χ3n) is 4.33. The zero-order chi connectivity index (χ0) is 16.9. The number of rotatable bonds is 4. The molecular weight excluding hydrogens is 326 g/mol. The second kappa shape index (κ2) is 7.64. The molecule has 0 atom stereocenters. The highest BCUT2D eigenvalue weighted by molar-refractivity contribution is 6.34. The highest BCUT2D eigenvalue weighted by atomic mass is 35.5. The molecule has 24 heavy (non-hydrogen) atoms. The van der Waals surface area contributed by atoms with Crippen LogP contribution in [0.4, 0.5) is 11.5 Å². The van der Waals surface area contributed by atoms with Crippen LogP contribution in [-0.4, -0.2) is 35.7 Å².